The van der Waals surface area contributed by atoms with Crippen molar-refractivity contribution in [2.24, 2.45) is 0 Å². The maximum absolute atomic E-state index is 13.2. The van der Waals surface area contributed by atoms with Gasteiger partial charge in [0, 0.05) is 11.4 Å². The van der Waals surface area contributed by atoms with Gasteiger partial charge in [-0.1, -0.05) is 35.2 Å². The summed E-state index contributed by atoms with van der Waals surface area (Å²) in [6.45, 7) is 3.98. The maximum atomic E-state index is 13.2. The van der Waals surface area contributed by atoms with Gasteiger partial charge in [-0.3, -0.25) is 4.79 Å². The summed E-state index contributed by atoms with van der Waals surface area (Å²) in [5.41, 5.74) is 3.60. The lowest BCUT2D eigenvalue weighted by Gasteiger charge is -2.06. The molecule has 1 heterocycles. The highest BCUT2D eigenvalue weighted by atomic mass is 32.2. The number of thioether (sulfide) groups is 1. The zero-order valence-electron chi connectivity index (χ0n) is 14.2. The average molecular weight is 388 g/mol. The minimum atomic E-state index is -0.322. The molecule has 0 saturated carbocycles. The predicted octanol–water partition coefficient (Wildman–Crippen LogP) is 4.77. The first-order valence-corrected chi connectivity index (χ1v) is 9.65. The van der Waals surface area contributed by atoms with Gasteiger partial charge in [0.1, 0.15) is 5.82 Å². The number of hydrogen-bond donors (Lipinski definition) is 2. The maximum Gasteiger partial charge on any atom is 0.234 e. The molecule has 0 bridgehead atoms. The molecule has 0 aliphatic heterocycles. The number of hydrogen-bond acceptors (Lipinski definition) is 6. The van der Waals surface area contributed by atoms with E-state index >= 15 is 0 Å². The Bertz CT molecular complexity index is 909. The number of amides is 1. The molecule has 8 heteroatoms. The summed E-state index contributed by atoms with van der Waals surface area (Å²) in [7, 11) is 0. The minimum Gasteiger partial charge on any atom is -0.330 e. The van der Waals surface area contributed by atoms with Gasteiger partial charge in [-0.25, -0.2) is 4.39 Å². The van der Waals surface area contributed by atoms with Crippen molar-refractivity contribution in [2.75, 3.05) is 16.4 Å². The summed E-state index contributed by atoms with van der Waals surface area (Å²) in [4.78, 5) is 12.1. The summed E-state index contributed by atoms with van der Waals surface area (Å²) in [5.74, 6) is -0.186. The lowest BCUT2D eigenvalue weighted by Crippen LogP contribution is -2.14. The zero-order valence-corrected chi connectivity index (χ0v) is 15.9. The fourth-order valence-electron chi connectivity index (χ4n) is 2.38. The molecule has 2 aromatic carbocycles. The van der Waals surface area contributed by atoms with Crippen molar-refractivity contribution in [2.45, 2.75) is 18.2 Å². The quantitative estimate of drug-likeness (QED) is 0.596. The third kappa shape index (κ3) is 5.27. The van der Waals surface area contributed by atoms with Crippen LogP contribution in [0.5, 0.6) is 0 Å². The molecule has 26 heavy (non-hydrogen) atoms. The second-order valence-corrected chi connectivity index (χ2v) is 7.92. The molecule has 1 amide bonds. The van der Waals surface area contributed by atoms with E-state index in [1.54, 1.807) is 12.1 Å². The van der Waals surface area contributed by atoms with Gasteiger partial charge in [0.05, 0.1) is 5.75 Å². The fraction of sp³-hybridized carbons (Fsp3) is 0.167. The van der Waals surface area contributed by atoms with Crippen LogP contribution in [0.4, 0.5) is 20.9 Å². The van der Waals surface area contributed by atoms with E-state index in [1.165, 1.54) is 35.2 Å². The standard InChI is InChI=1S/C18H17FN4OS2/c1-11-6-12(2)8-15(7-11)20-16(24)10-25-18-23-22-17(26-18)21-14-5-3-4-13(19)9-14/h3-9H,10H2,1-2H3,(H,20,24)(H,21,22). The molecule has 0 spiro atoms. The molecular weight excluding hydrogens is 371 g/mol. The summed E-state index contributed by atoms with van der Waals surface area (Å²) < 4.78 is 13.9. The number of rotatable bonds is 6. The molecule has 0 unspecified atom stereocenters. The highest BCUT2D eigenvalue weighted by molar-refractivity contribution is 8.01. The van der Waals surface area contributed by atoms with Crippen molar-refractivity contribution in [3.8, 4) is 0 Å². The second-order valence-electron chi connectivity index (χ2n) is 5.72. The number of carbonyl (C=O) groups is 1. The number of halogens is 1. The Morgan fingerprint density at radius 3 is 2.62 bits per heavy atom. The average Bonchev–Trinajstić information content (AvgIpc) is 2.99. The molecule has 3 aromatic rings. The molecule has 0 fully saturated rings. The number of nitrogens with zero attached hydrogens (tertiary/aromatic N) is 2. The van der Waals surface area contributed by atoms with Crippen LogP contribution in [0, 0.1) is 19.7 Å². The van der Waals surface area contributed by atoms with E-state index in [4.69, 9.17) is 0 Å². The Morgan fingerprint density at radius 2 is 1.88 bits per heavy atom. The highest BCUT2D eigenvalue weighted by Crippen LogP contribution is 2.28. The van der Waals surface area contributed by atoms with Crippen LogP contribution < -0.4 is 10.6 Å². The predicted molar refractivity (Wildman–Crippen MR) is 105 cm³/mol. The van der Waals surface area contributed by atoms with Crippen LogP contribution in [0.15, 0.2) is 46.8 Å². The smallest absolute Gasteiger partial charge is 0.234 e. The molecule has 0 saturated heterocycles. The molecule has 0 radical (unpaired) electrons. The van der Waals surface area contributed by atoms with E-state index in [1.807, 2.05) is 26.0 Å². The minimum absolute atomic E-state index is 0.102. The van der Waals surface area contributed by atoms with Gasteiger partial charge in [-0.15, -0.1) is 10.2 Å². The third-order valence-electron chi connectivity index (χ3n) is 3.31. The van der Waals surface area contributed by atoms with Gasteiger partial charge >= 0.3 is 0 Å². The first kappa shape index (κ1) is 18.3. The normalized spacial score (nSPS) is 10.6. The van der Waals surface area contributed by atoms with Gasteiger partial charge in [-0.2, -0.15) is 0 Å². The molecule has 5 nitrogen and oxygen atoms in total. The first-order chi connectivity index (χ1) is 12.5. The van der Waals surface area contributed by atoms with Gasteiger partial charge in [-0.05, 0) is 55.3 Å². The molecule has 0 atom stereocenters. The van der Waals surface area contributed by atoms with Crippen LogP contribution in [0.2, 0.25) is 0 Å². The lowest BCUT2D eigenvalue weighted by molar-refractivity contribution is -0.113. The lowest BCUT2D eigenvalue weighted by atomic mass is 10.1. The Morgan fingerprint density at radius 1 is 1.12 bits per heavy atom. The SMILES string of the molecule is Cc1cc(C)cc(NC(=O)CSc2nnc(Nc3cccc(F)c3)s2)c1. The second kappa shape index (κ2) is 8.29. The fourth-order valence-corrected chi connectivity index (χ4v) is 3.95. The molecule has 134 valence electrons. The summed E-state index contributed by atoms with van der Waals surface area (Å²) in [6.07, 6.45) is 0. The van der Waals surface area contributed by atoms with E-state index in [9.17, 15) is 9.18 Å². The molecule has 3 rings (SSSR count). The third-order valence-corrected chi connectivity index (χ3v) is 5.29. The van der Waals surface area contributed by atoms with Gasteiger partial charge < -0.3 is 10.6 Å². The van der Waals surface area contributed by atoms with Gasteiger partial charge in [0.2, 0.25) is 11.0 Å². The topological polar surface area (TPSA) is 66.9 Å². The van der Waals surface area contributed by atoms with Crippen molar-refractivity contribution in [1.29, 1.82) is 0 Å². The summed E-state index contributed by atoms with van der Waals surface area (Å²) in [5, 5.41) is 14.5. The number of aryl methyl sites for hydroxylation is 2. The van der Waals surface area contributed by atoms with Crippen molar-refractivity contribution < 1.29 is 9.18 Å². The highest BCUT2D eigenvalue weighted by Gasteiger charge is 2.09. The Balaban J connectivity index is 1.53. The van der Waals surface area contributed by atoms with E-state index in [0.717, 1.165) is 16.8 Å². The van der Waals surface area contributed by atoms with E-state index in [2.05, 4.69) is 26.9 Å². The van der Waals surface area contributed by atoms with Crippen molar-refractivity contribution in [3.05, 3.63) is 59.4 Å². The van der Waals surface area contributed by atoms with Crippen LogP contribution in [0.25, 0.3) is 0 Å². The summed E-state index contributed by atoms with van der Waals surface area (Å²) in [6, 6.07) is 12.0. The monoisotopic (exact) mass is 388 g/mol. The number of carbonyl (C=O) groups excluding carboxylic acids is 1. The number of benzene rings is 2. The van der Waals surface area contributed by atoms with Crippen LogP contribution in [-0.4, -0.2) is 21.9 Å². The Hall–Kier alpha value is -2.45. The molecule has 0 aliphatic carbocycles. The largest absolute Gasteiger partial charge is 0.330 e. The van der Waals surface area contributed by atoms with Crippen LogP contribution in [0.3, 0.4) is 0 Å². The van der Waals surface area contributed by atoms with Gasteiger partial charge in [0.15, 0.2) is 4.34 Å². The Labute approximate surface area is 159 Å². The number of aromatic nitrogens is 2. The van der Waals surface area contributed by atoms with Crippen LogP contribution >= 0.6 is 23.1 Å². The van der Waals surface area contributed by atoms with Crippen LogP contribution in [0.1, 0.15) is 11.1 Å². The molecular formula is C18H17FN4OS2. The first-order valence-electron chi connectivity index (χ1n) is 7.85. The van der Waals surface area contributed by atoms with Crippen molar-refractivity contribution in [1.82, 2.24) is 10.2 Å². The molecule has 0 aliphatic rings. The number of anilines is 3. The molecule has 1 aromatic heterocycles. The van der Waals surface area contributed by atoms with Crippen molar-refractivity contribution >= 4 is 45.5 Å². The Kier molecular flexibility index (Phi) is 5.85. The van der Waals surface area contributed by atoms with Crippen molar-refractivity contribution in [3.63, 3.8) is 0 Å². The summed E-state index contributed by atoms with van der Waals surface area (Å²) >= 11 is 2.62. The number of nitrogens with one attached hydrogen (secondary N) is 2. The van der Waals surface area contributed by atoms with E-state index in [-0.39, 0.29) is 17.5 Å². The van der Waals surface area contributed by atoms with E-state index < -0.39 is 0 Å². The van der Waals surface area contributed by atoms with Crippen LogP contribution in [-0.2, 0) is 4.79 Å². The van der Waals surface area contributed by atoms with E-state index in [0.29, 0.717) is 15.2 Å². The zero-order chi connectivity index (χ0) is 18.5. The van der Waals surface area contributed by atoms with Gasteiger partial charge in [0.25, 0.3) is 0 Å². The molecule has 2 N–H and O–H groups in total.